The molecule has 0 bridgehead atoms. The van der Waals surface area contributed by atoms with Crippen molar-refractivity contribution in [3.63, 3.8) is 0 Å². The Morgan fingerprint density at radius 3 is 2.62 bits per heavy atom. The number of anilines is 2. The Morgan fingerprint density at radius 2 is 1.85 bits per heavy atom. The van der Waals surface area contributed by atoms with Crippen LogP contribution in [0, 0.1) is 6.92 Å². The molecule has 0 aliphatic rings. The topological polar surface area (TPSA) is 80.3 Å². The maximum absolute atomic E-state index is 12.8. The van der Waals surface area contributed by atoms with Crippen LogP contribution in [0.2, 0.25) is 0 Å². The van der Waals surface area contributed by atoms with Crippen LogP contribution in [0.15, 0.2) is 71.6 Å². The van der Waals surface area contributed by atoms with E-state index in [1.54, 1.807) is 12.1 Å². The second-order valence-corrected chi connectivity index (χ2v) is 10.1. The third kappa shape index (κ3) is 5.95. The third-order valence-corrected chi connectivity index (χ3v) is 7.02. The fraction of sp³-hybridized carbons (Fsp3) is 0.192. The van der Waals surface area contributed by atoms with Crippen molar-refractivity contribution in [3.05, 3.63) is 77.9 Å². The summed E-state index contributed by atoms with van der Waals surface area (Å²) < 4.78 is 6.49. The van der Waals surface area contributed by atoms with Crippen LogP contribution >= 0.6 is 23.1 Å². The summed E-state index contributed by atoms with van der Waals surface area (Å²) in [5.41, 5.74) is 3.20. The number of carbonyl (C=O) groups excluding carboxylic acids is 2. The van der Waals surface area contributed by atoms with Gasteiger partial charge in [0.25, 0.3) is 5.91 Å². The van der Waals surface area contributed by atoms with Crippen molar-refractivity contribution in [3.8, 4) is 5.75 Å². The number of nitrogens with one attached hydrogen (secondary N) is 2. The number of ether oxygens (including phenoxy) is 1. The summed E-state index contributed by atoms with van der Waals surface area (Å²) in [5, 5.41) is 6.03. The van der Waals surface area contributed by atoms with Crippen molar-refractivity contribution in [1.29, 1.82) is 0 Å². The molecule has 8 heteroatoms. The van der Waals surface area contributed by atoms with Gasteiger partial charge in [-0.25, -0.2) is 4.98 Å². The Kier molecular flexibility index (Phi) is 7.49. The highest BCUT2D eigenvalue weighted by molar-refractivity contribution is 8.00. The molecule has 6 nitrogen and oxygen atoms in total. The molecule has 0 saturated heterocycles. The summed E-state index contributed by atoms with van der Waals surface area (Å²) >= 11 is 2.84. The van der Waals surface area contributed by atoms with Crippen LogP contribution in [-0.4, -0.2) is 28.7 Å². The largest absolute Gasteiger partial charge is 0.494 e. The van der Waals surface area contributed by atoms with Gasteiger partial charge in [0, 0.05) is 16.1 Å². The van der Waals surface area contributed by atoms with E-state index in [2.05, 4.69) is 15.6 Å². The highest BCUT2D eigenvalue weighted by Gasteiger charge is 2.17. The van der Waals surface area contributed by atoms with Gasteiger partial charge in [-0.2, -0.15) is 0 Å². The van der Waals surface area contributed by atoms with E-state index >= 15 is 0 Å². The number of nitrogens with zero attached hydrogens (tertiary/aromatic N) is 1. The van der Waals surface area contributed by atoms with Crippen molar-refractivity contribution in [2.45, 2.75) is 30.9 Å². The van der Waals surface area contributed by atoms with Gasteiger partial charge < -0.3 is 15.4 Å². The van der Waals surface area contributed by atoms with Crippen LogP contribution in [0.25, 0.3) is 10.2 Å². The standard InChI is InChI=1S/C26H25N3O3S2/c1-4-32-20-12-13-22-23(15-20)34-26(28-22)29-24(30)17(3)33-21-7-5-6-19(14-21)27-25(31)18-10-8-16(2)9-11-18/h5-15,17H,4H2,1-3H3,(H,27,31)(H,28,29,30). The highest BCUT2D eigenvalue weighted by atomic mass is 32.2. The molecule has 0 saturated carbocycles. The van der Waals surface area contributed by atoms with E-state index in [0.717, 1.165) is 26.4 Å². The molecule has 0 aliphatic carbocycles. The van der Waals surface area contributed by atoms with Gasteiger partial charge in [-0.05, 0) is 69.3 Å². The molecule has 0 fully saturated rings. The summed E-state index contributed by atoms with van der Waals surface area (Å²) in [6.07, 6.45) is 0. The first-order valence-electron chi connectivity index (χ1n) is 10.9. The first-order valence-corrected chi connectivity index (χ1v) is 12.6. The lowest BCUT2D eigenvalue weighted by molar-refractivity contribution is -0.115. The number of aryl methyl sites for hydroxylation is 1. The van der Waals surface area contributed by atoms with E-state index in [1.165, 1.54) is 23.1 Å². The molecule has 174 valence electrons. The molecule has 1 unspecified atom stereocenters. The SMILES string of the molecule is CCOc1ccc2nc(NC(=O)C(C)Sc3cccc(NC(=O)c4ccc(C)cc4)c3)sc2c1. The van der Waals surface area contributed by atoms with Crippen molar-refractivity contribution >= 4 is 55.9 Å². The maximum Gasteiger partial charge on any atom is 0.255 e. The van der Waals surface area contributed by atoms with Crippen LogP contribution in [0.5, 0.6) is 5.75 Å². The van der Waals surface area contributed by atoms with Crippen LogP contribution in [0.1, 0.15) is 29.8 Å². The highest BCUT2D eigenvalue weighted by Crippen LogP contribution is 2.31. The molecule has 4 aromatic rings. The summed E-state index contributed by atoms with van der Waals surface area (Å²) in [4.78, 5) is 30.7. The summed E-state index contributed by atoms with van der Waals surface area (Å²) in [6.45, 7) is 6.36. The predicted octanol–water partition coefficient (Wildman–Crippen LogP) is 6.38. The minimum absolute atomic E-state index is 0.136. The van der Waals surface area contributed by atoms with Crippen molar-refractivity contribution < 1.29 is 14.3 Å². The van der Waals surface area contributed by atoms with Crippen molar-refractivity contribution in [1.82, 2.24) is 4.98 Å². The van der Waals surface area contributed by atoms with Gasteiger partial charge in [0.15, 0.2) is 5.13 Å². The van der Waals surface area contributed by atoms with Gasteiger partial charge >= 0.3 is 0 Å². The summed E-state index contributed by atoms with van der Waals surface area (Å²) in [5.74, 6) is 0.481. The van der Waals surface area contributed by atoms with E-state index in [9.17, 15) is 9.59 Å². The summed E-state index contributed by atoms with van der Waals surface area (Å²) in [6, 6.07) is 20.6. The Balaban J connectivity index is 1.38. The van der Waals surface area contributed by atoms with Crippen LogP contribution in [0.3, 0.4) is 0 Å². The lowest BCUT2D eigenvalue weighted by atomic mass is 10.1. The number of carbonyl (C=O) groups is 2. The zero-order chi connectivity index (χ0) is 24.1. The molecule has 0 radical (unpaired) electrons. The fourth-order valence-corrected chi connectivity index (χ4v) is 5.06. The van der Waals surface area contributed by atoms with Crippen LogP contribution < -0.4 is 15.4 Å². The first kappa shape index (κ1) is 23.8. The Labute approximate surface area is 206 Å². The quantitative estimate of drug-likeness (QED) is 0.280. The monoisotopic (exact) mass is 491 g/mol. The number of aromatic nitrogens is 1. The van der Waals surface area contributed by atoms with E-state index in [-0.39, 0.29) is 17.1 Å². The molecule has 0 spiro atoms. The molecule has 34 heavy (non-hydrogen) atoms. The average molecular weight is 492 g/mol. The second-order valence-electron chi connectivity index (χ2n) is 7.68. The third-order valence-electron chi connectivity index (χ3n) is 4.99. The molecular formula is C26H25N3O3S2. The van der Waals surface area contributed by atoms with E-state index in [1.807, 2.05) is 75.4 Å². The number of thiazole rings is 1. The second kappa shape index (κ2) is 10.7. The lowest BCUT2D eigenvalue weighted by Crippen LogP contribution is -2.22. The van der Waals surface area contributed by atoms with E-state index < -0.39 is 0 Å². The van der Waals surface area contributed by atoms with Gasteiger partial charge in [-0.1, -0.05) is 35.1 Å². The average Bonchev–Trinajstić information content (AvgIpc) is 3.21. The van der Waals surface area contributed by atoms with Gasteiger partial charge in [0.05, 0.1) is 22.1 Å². The number of amides is 2. The zero-order valence-corrected chi connectivity index (χ0v) is 20.8. The smallest absolute Gasteiger partial charge is 0.255 e. The molecule has 4 rings (SSSR count). The molecule has 2 N–H and O–H groups in total. The van der Waals surface area contributed by atoms with Crippen LogP contribution in [-0.2, 0) is 4.79 Å². The molecule has 0 aliphatic heterocycles. The van der Waals surface area contributed by atoms with Gasteiger partial charge in [-0.15, -0.1) is 11.8 Å². The zero-order valence-electron chi connectivity index (χ0n) is 19.1. The first-order chi connectivity index (χ1) is 16.4. The normalized spacial score (nSPS) is 11.7. The molecule has 2 amide bonds. The van der Waals surface area contributed by atoms with Crippen molar-refractivity contribution in [2.24, 2.45) is 0 Å². The van der Waals surface area contributed by atoms with Gasteiger partial charge in [-0.3, -0.25) is 9.59 Å². The number of thioether (sulfide) groups is 1. The number of rotatable bonds is 8. The number of hydrogen-bond donors (Lipinski definition) is 2. The molecule has 1 heterocycles. The van der Waals surface area contributed by atoms with Crippen LogP contribution in [0.4, 0.5) is 10.8 Å². The maximum atomic E-state index is 12.8. The number of fused-ring (bicyclic) bond motifs is 1. The Hall–Kier alpha value is -3.36. The minimum Gasteiger partial charge on any atom is -0.494 e. The molecule has 1 aromatic heterocycles. The van der Waals surface area contributed by atoms with E-state index in [0.29, 0.717) is 23.0 Å². The summed E-state index contributed by atoms with van der Waals surface area (Å²) in [7, 11) is 0. The van der Waals surface area contributed by atoms with Crippen molar-refractivity contribution in [2.75, 3.05) is 17.2 Å². The van der Waals surface area contributed by atoms with E-state index in [4.69, 9.17) is 4.74 Å². The lowest BCUT2D eigenvalue weighted by Gasteiger charge is -2.12. The fourth-order valence-electron chi connectivity index (χ4n) is 3.23. The molecule has 3 aromatic carbocycles. The Bertz CT molecular complexity index is 1320. The van der Waals surface area contributed by atoms with Gasteiger partial charge in [0.2, 0.25) is 5.91 Å². The molecular weight excluding hydrogens is 466 g/mol. The minimum atomic E-state index is -0.353. The Morgan fingerprint density at radius 1 is 1.06 bits per heavy atom. The number of benzene rings is 3. The van der Waals surface area contributed by atoms with Gasteiger partial charge in [0.1, 0.15) is 5.75 Å². The predicted molar refractivity (Wildman–Crippen MR) is 140 cm³/mol. The number of hydrogen-bond acceptors (Lipinski definition) is 6. The molecule has 1 atom stereocenters.